The van der Waals surface area contributed by atoms with Crippen molar-refractivity contribution in [1.29, 1.82) is 0 Å². The molecule has 17 heavy (non-hydrogen) atoms. The van der Waals surface area contributed by atoms with Crippen LogP contribution in [0.5, 0.6) is 0 Å². The molecule has 90 valence electrons. The van der Waals surface area contributed by atoms with E-state index in [1.165, 1.54) is 5.56 Å². The van der Waals surface area contributed by atoms with Crippen molar-refractivity contribution in [1.82, 2.24) is 9.55 Å². The zero-order valence-electron chi connectivity index (χ0n) is 10.1. The quantitative estimate of drug-likeness (QED) is 0.945. The molecule has 1 aromatic carbocycles. The normalized spacial score (nSPS) is 10.8. The predicted octanol–water partition coefficient (Wildman–Crippen LogP) is 2.66. The minimum absolute atomic E-state index is 0.630. The van der Waals surface area contributed by atoms with E-state index in [1.807, 2.05) is 7.05 Å². The van der Waals surface area contributed by atoms with E-state index in [0.29, 0.717) is 6.54 Å². The highest BCUT2D eigenvalue weighted by Crippen LogP contribution is 2.25. The van der Waals surface area contributed by atoms with Gasteiger partial charge in [-0.25, -0.2) is 4.98 Å². The van der Waals surface area contributed by atoms with Gasteiger partial charge in [-0.05, 0) is 29.4 Å². The van der Waals surface area contributed by atoms with Crippen molar-refractivity contribution in [3.63, 3.8) is 0 Å². The standard InChI is InChI=1S/C13H16BrN3/c1-9-3-5-10(6-4-9)13-16-12(14)11(7-8-15)17(13)2/h3-6H,7-8,15H2,1-2H3. The zero-order valence-corrected chi connectivity index (χ0v) is 11.7. The number of nitrogens with two attached hydrogens (primary N) is 1. The van der Waals surface area contributed by atoms with Crippen molar-refractivity contribution in [2.24, 2.45) is 12.8 Å². The summed E-state index contributed by atoms with van der Waals surface area (Å²) in [4.78, 5) is 4.55. The number of hydrogen-bond donors (Lipinski definition) is 1. The van der Waals surface area contributed by atoms with Crippen LogP contribution in [0.25, 0.3) is 11.4 Å². The summed E-state index contributed by atoms with van der Waals surface area (Å²) in [6.07, 6.45) is 0.829. The number of imidazole rings is 1. The highest BCUT2D eigenvalue weighted by molar-refractivity contribution is 9.10. The van der Waals surface area contributed by atoms with Gasteiger partial charge in [-0.15, -0.1) is 0 Å². The van der Waals surface area contributed by atoms with Crippen LogP contribution in [-0.4, -0.2) is 16.1 Å². The second-order valence-corrected chi connectivity index (χ2v) is 4.89. The van der Waals surface area contributed by atoms with E-state index in [0.717, 1.165) is 28.1 Å². The molecule has 0 bridgehead atoms. The Bertz CT molecular complexity index is 514. The van der Waals surface area contributed by atoms with Crippen molar-refractivity contribution >= 4 is 15.9 Å². The summed E-state index contributed by atoms with van der Waals surface area (Å²) in [6, 6.07) is 8.38. The van der Waals surface area contributed by atoms with Gasteiger partial charge in [0.2, 0.25) is 0 Å². The number of nitrogens with zero attached hydrogens (tertiary/aromatic N) is 2. The number of benzene rings is 1. The lowest BCUT2D eigenvalue weighted by molar-refractivity contribution is 0.807. The van der Waals surface area contributed by atoms with Gasteiger partial charge in [0.25, 0.3) is 0 Å². The molecule has 2 N–H and O–H groups in total. The maximum absolute atomic E-state index is 5.60. The van der Waals surface area contributed by atoms with Crippen molar-refractivity contribution in [3.05, 3.63) is 40.1 Å². The number of rotatable bonds is 3. The molecule has 0 aliphatic rings. The molecule has 2 rings (SSSR count). The highest BCUT2D eigenvalue weighted by atomic mass is 79.9. The van der Waals surface area contributed by atoms with Crippen LogP contribution >= 0.6 is 15.9 Å². The van der Waals surface area contributed by atoms with E-state index in [1.54, 1.807) is 0 Å². The smallest absolute Gasteiger partial charge is 0.141 e. The molecule has 0 atom stereocenters. The molecule has 1 heterocycles. The summed E-state index contributed by atoms with van der Waals surface area (Å²) >= 11 is 3.49. The molecule has 3 nitrogen and oxygen atoms in total. The Morgan fingerprint density at radius 2 is 1.94 bits per heavy atom. The van der Waals surface area contributed by atoms with Gasteiger partial charge in [-0.3, -0.25) is 0 Å². The minimum atomic E-state index is 0.630. The zero-order chi connectivity index (χ0) is 12.4. The summed E-state index contributed by atoms with van der Waals surface area (Å²) in [5, 5.41) is 0. The Morgan fingerprint density at radius 3 is 2.53 bits per heavy atom. The summed E-state index contributed by atoms with van der Waals surface area (Å²) in [5.74, 6) is 0.973. The van der Waals surface area contributed by atoms with Gasteiger partial charge in [0.1, 0.15) is 10.4 Å². The van der Waals surface area contributed by atoms with Crippen LogP contribution < -0.4 is 5.73 Å². The van der Waals surface area contributed by atoms with Crippen molar-refractivity contribution in [3.8, 4) is 11.4 Å². The average Bonchev–Trinajstić information content (AvgIpc) is 2.59. The molecular weight excluding hydrogens is 278 g/mol. The van der Waals surface area contributed by atoms with Gasteiger partial charge < -0.3 is 10.3 Å². The van der Waals surface area contributed by atoms with E-state index in [4.69, 9.17) is 5.73 Å². The van der Waals surface area contributed by atoms with Crippen LogP contribution in [0.2, 0.25) is 0 Å². The van der Waals surface area contributed by atoms with Crippen LogP contribution in [0.15, 0.2) is 28.9 Å². The first-order chi connectivity index (χ1) is 8.13. The fraction of sp³-hybridized carbons (Fsp3) is 0.308. The molecule has 0 amide bonds. The van der Waals surface area contributed by atoms with E-state index >= 15 is 0 Å². The largest absolute Gasteiger partial charge is 0.330 e. The van der Waals surface area contributed by atoms with Crippen molar-refractivity contribution in [2.75, 3.05) is 6.54 Å². The van der Waals surface area contributed by atoms with Crippen molar-refractivity contribution < 1.29 is 0 Å². The molecule has 0 aliphatic carbocycles. The number of halogens is 1. The van der Waals surface area contributed by atoms with Crippen LogP contribution in [0.3, 0.4) is 0 Å². The van der Waals surface area contributed by atoms with Crippen LogP contribution in [0.1, 0.15) is 11.3 Å². The van der Waals surface area contributed by atoms with E-state index < -0.39 is 0 Å². The van der Waals surface area contributed by atoms with Gasteiger partial charge in [-0.1, -0.05) is 29.8 Å². The SMILES string of the molecule is Cc1ccc(-c2nc(Br)c(CCN)n2C)cc1. The molecule has 0 aliphatic heterocycles. The Morgan fingerprint density at radius 1 is 1.29 bits per heavy atom. The summed E-state index contributed by atoms with van der Waals surface area (Å²) in [7, 11) is 2.03. The second kappa shape index (κ2) is 5.02. The average molecular weight is 294 g/mol. The van der Waals surface area contributed by atoms with Crippen molar-refractivity contribution in [2.45, 2.75) is 13.3 Å². The molecule has 2 aromatic rings. The molecule has 0 saturated carbocycles. The third kappa shape index (κ3) is 2.42. The Hall–Kier alpha value is -1.13. The molecular formula is C13H16BrN3. The maximum atomic E-state index is 5.60. The van der Waals surface area contributed by atoms with Gasteiger partial charge in [0.15, 0.2) is 0 Å². The lowest BCUT2D eigenvalue weighted by atomic mass is 10.1. The molecule has 0 unspecified atom stereocenters. The Kier molecular flexibility index (Phi) is 3.64. The first-order valence-electron chi connectivity index (χ1n) is 5.61. The van der Waals surface area contributed by atoms with E-state index in [-0.39, 0.29) is 0 Å². The third-order valence-electron chi connectivity index (χ3n) is 2.86. The van der Waals surface area contributed by atoms with Crippen LogP contribution in [0, 0.1) is 6.92 Å². The van der Waals surface area contributed by atoms with Gasteiger partial charge in [0, 0.05) is 19.0 Å². The Labute approximate surface area is 110 Å². The summed E-state index contributed by atoms with van der Waals surface area (Å²) in [6.45, 7) is 2.71. The maximum Gasteiger partial charge on any atom is 0.141 e. The molecule has 4 heteroatoms. The molecule has 0 fully saturated rings. The fourth-order valence-electron chi connectivity index (χ4n) is 1.87. The monoisotopic (exact) mass is 293 g/mol. The van der Waals surface area contributed by atoms with Gasteiger partial charge >= 0.3 is 0 Å². The van der Waals surface area contributed by atoms with E-state index in [2.05, 4.69) is 56.7 Å². The second-order valence-electron chi connectivity index (χ2n) is 4.14. The molecule has 1 aromatic heterocycles. The number of aromatic nitrogens is 2. The number of hydrogen-bond acceptors (Lipinski definition) is 2. The predicted molar refractivity (Wildman–Crippen MR) is 73.8 cm³/mol. The molecule has 0 saturated heterocycles. The third-order valence-corrected chi connectivity index (χ3v) is 3.49. The molecule has 0 spiro atoms. The topological polar surface area (TPSA) is 43.8 Å². The van der Waals surface area contributed by atoms with Gasteiger partial charge in [0.05, 0.1) is 5.69 Å². The molecule has 0 radical (unpaired) electrons. The van der Waals surface area contributed by atoms with Gasteiger partial charge in [-0.2, -0.15) is 0 Å². The summed E-state index contributed by atoms with van der Waals surface area (Å²) in [5.41, 5.74) is 9.13. The fourth-order valence-corrected chi connectivity index (χ4v) is 2.50. The lowest BCUT2D eigenvalue weighted by Gasteiger charge is -2.05. The minimum Gasteiger partial charge on any atom is -0.330 e. The van der Waals surface area contributed by atoms with Crippen LogP contribution in [0.4, 0.5) is 0 Å². The summed E-state index contributed by atoms with van der Waals surface area (Å²) < 4.78 is 2.99. The lowest BCUT2D eigenvalue weighted by Crippen LogP contribution is -2.07. The Balaban J connectivity index is 2.46. The number of aryl methyl sites for hydroxylation is 1. The highest BCUT2D eigenvalue weighted by Gasteiger charge is 2.13. The van der Waals surface area contributed by atoms with Crippen LogP contribution in [-0.2, 0) is 13.5 Å². The first kappa shape index (κ1) is 12.3. The van der Waals surface area contributed by atoms with E-state index in [9.17, 15) is 0 Å². The first-order valence-corrected chi connectivity index (χ1v) is 6.41.